The zero-order chi connectivity index (χ0) is 13.6. The molecule has 1 saturated heterocycles. The molecule has 3 atom stereocenters. The van der Waals surface area contributed by atoms with Crippen molar-refractivity contribution in [3.8, 4) is 11.5 Å². The molecule has 2 heterocycles. The molecule has 2 N–H and O–H groups in total. The van der Waals surface area contributed by atoms with Crippen LogP contribution in [0.1, 0.15) is 30.5 Å². The van der Waals surface area contributed by atoms with Gasteiger partial charge in [-0.1, -0.05) is 6.92 Å². The number of aromatic hydroxyl groups is 1. The van der Waals surface area contributed by atoms with Crippen LogP contribution in [0.2, 0.25) is 0 Å². The van der Waals surface area contributed by atoms with Gasteiger partial charge in [-0.25, -0.2) is 0 Å². The lowest BCUT2D eigenvalue weighted by atomic mass is 9.82. The molecule has 0 saturated carbocycles. The molecule has 4 heteroatoms. The van der Waals surface area contributed by atoms with Crippen molar-refractivity contribution in [2.45, 2.75) is 31.9 Å². The third-order valence-corrected chi connectivity index (χ3v) is 4.55. The molecule has 0 bridgehead atoms. The van der Waals surface area contributed by atoms with Gasteiger partial charge in [-0.05, 0) is 42.0 Å². The number of methoxy groups -OCH3 is 1. The molecule has 0 amide bonds. The fourth-order valence-electron chi connectivity index (χ4n) is 3.38. The molecule has 0 unspecified atom stereocenters. The smallest absolute Gasteiger partial charge is 0.160 e. The molecule has 0 aromatic heterocycles. The van der Waals surface area contributed by atoms with Gasteiger partial charge in [0.2, 0.25) is 0 Å². The molecule has 19 heavy (non-hydrogen) atoms. The lowest BCUT2D eigenvalue weighted by Gasteiger charge is -2.45. The lowest BCUT2D eigenvalue weighted by molar-refractivity contribution is -0.00494. The van der Waals surface area contributed by atoms with Crippen LogP contribution >= 0.6 is 0 Å². The number of hydrogen-bond donors (Lipinski definition) is 2. The first-order valence-electron chi connectivity index (χ1n) is 6.92. The van der Waals surface area contributed by atoms with Crippen LogP contribution in [0.5, 0.6) is 11.5 Å². The number of nitrogens with zero attached hydrogens (tertiary/aromatic N) is 1. The Morgan fingerprint density at radius 1 is 1.37 bits per heavy atom. The van der Waals surface area contributed by atoms with E-state index >= 15 is 0 Å². The highest BCUT2D eigenvalue weighted by Crippen LogP contribution is 2.42. The Labute approximate surface area is 113 Å². The summed E-state index contributed by atoms with van der Waals surface area (Å²) in [5.74, 6) is 1.05. The molecule has 1 fully saturated rings. The van der Waals surface area contributed by atoms with Gasteiger partial charge in [0.15, 0.2) is 11.5 Å². The first kappa shape index (κ1) is 12.8. The minimum atomic E-state index is -0.253. The highest BCUT2D eigenvalue weighted by Gasteiger charge is 2.36. The van der Waals surface area contributed by atoms with E-state index in [1.165, 1.54) is 5.56 Å². The van der Waals surface area contributed by atoms with E-state index < -0.39 is 0 Å². The molecule has 3 rings (SSSR count). The predicted molar refractivity (Wildman–Crippen MR) is 72.5 cm³/mol. The van der Waals surface area contributed by atoms with Gasteiger partial charge < -0.3 is 14.9 Å². The van der Waals surface area contributed by atoms with Crippen molar-refractivity contribution in [3.63, 3.8) is 0 Å². The van der Waals surface area contributed by atoms with Crippen molar-refractivity contribution < 1.29 is 14.9 Å². The second kappa shape index (κ2) is 4.69. The number of aliphatic hydroxyl groups is 1. The summed E-state index contributed by atoms with van der Waals surface area (Å²) in [6.45, 7) is 4.04. The Morgan fingerprint density at radius 3 is 2.89 bits per heavy atom. The van der Waals surface area contributed by atoms with Crippen LogP contribution in [0.25, 0.3) is 0 Å². The molecule has 0 spiro atoms. The van der Waals surface area contributed by atoms with Crippen LogP contribution in [0.4, 0.5) is 0 Å². The molecule has 4 nitrogen and oxygen atoms in total. The first-order chi connectivity index (χ1) is 9.10. The van der Waals surface area contributed by atoms with Crippen molar-refractivity contribution in [3.05, 3.63) is 23.3 Å². The lowest BCUT2D eigenvalue weighted by Crippen LogP contribution is -2.47. The number of piperidine rings is 1. The van der Waals surface area contributed by atoms with Crippen molar-refractivity contribution >= 4 is 0 Å². The average Bonchev–Trinajstić information content (AvgIpc) is 2.40. The number of phenols is 1. The van der Waals surface area contributed by atoms with Crippen molar-refractivity contribution in [2.24, 2.45) is 5.92 Å². The van der Waals surface area contributed by atoms with E-state index in [0.717, 1.165) is 31.5 Å². The van der Waals surface area contributed by atoms with E-state index in [1.807, 2.05) is 12.1 Å². The Balaban J connectivity index is 1.98. The maximum Gasteiger partial charge on any atom is 0.160 e. The van der Waals surface area contributed by atoms with E-state index in [9.17, 15) is 10.2 Å². The number of benzene rings is 1. The van der Waals surface area contributed by atoms with Gasteiger partial charge >= 0.3 is 0 Å². The van der Waals surface area contributed by atoms with E-state index in [2.05, 4.69) is 11.8 Å². The minimum Gasteiger partial charge on any atom is -0.504 e. The van der Waals surface area contributed by atoms with Crippen LogP contribution in [-0.2, 0) is 6.42 Å². The molecule has 0 radical (unpaired) electrons. The summed E-state index contributed by atoms with van der Waals surface area (Å²) in [5.41, 5.74) is 2.38. The number of aliphatic hydroxyl groups excluding tert-OH is 1. The van der Waals surface area contributed by atoms with Gasteiger partial charge in [0.1, 0.15) is 0 Å². The monoisotopic (exact) mass is 263 g/mol. The van der Waals surface area contributed by atoms with Crippen LogP contribution in [0.15, 0.2) is 12.1 Å². The van der Waals surface area contributed by atoms with E-state index in [4.69, 9.17) is 4.74 Å². The van der Waals surface area contributed by atoms with Gasteiger partial charge in [-0.3, -0.25) is 4.90 Å². The van der Waals surface area contributed by atoms with Gasteiger partial charge in [0, 0.05) is 19.1 Å². The fourth-order valence-corrected chi connectivity index (χ4v) is 3.38. The highest BCUT2D eigenvalue weighted by molar-refractivity contribution is 5.48. The van der Waals surface area contributed by atoms with Gasteiger partial charge in [0.25, 0.3) is 0 Å². The number of fused-ring (bicyclic) bond motifs is 3. The molecule has 1 aromatic rings. The average molecular weight is 263 g/mol. The quantitative estimate of drug-likeness (QED) is 0.810. The topological polar surface area (TPSA) is 52.9 Å². The largest absolute Gasteiger partial charge is 0.504 e. The molecule has 2 aliphatic heterocycles. The predicted octanol–water partition coefficient (Wildman–Crippen LogP) is 1.70. The summed E-state index contributed by atoms with van der Waals surface area (Å²) >= 11 is 0. The minimum absolute atomic E-state index is 0.191. The zero-order valence-electron chi connectivity index (χ0n) is 11.5. The maximum absolute atomic E-state index is 10.1. The van der Waals surface area contributed by atoms with Gasteiger partial charge in [0.05, 0.1) is 13.2 Å². The third kappa shape index (κ3) is 2.09. The third-order valence-electron chi connectivity index (χ3n) is 4.55. The first-order valence-corrected chi connectivity index (χ1v) is 6.92. The SMILES string of the molecule is COc1cc2c(cc1O)[C@H]1C[C@H](O)[C@@H](C)CN1CC2. The van der Waals surface area contributed by atoms with Crippen molar-refractivity contribution in [1.29, 1.82) is 0 Å². The summed E-state index contributed by atoms with van der Waals surface area (Å²) in [6, 6.07) is 3.98. The Bertz CT molecular complexity index is 489. The second-order valence-corrected chi connectivity index (χ2v) is 5.76. The fraction of sp³-hybridized carbons (Fsp3) is 0.600. The van der Waals surface area contributed by atoms with E-state index in [0.29, 0.717) is 11.7 Å². The van der Waals surface area contributed by atoms with Gasteiger partial charge in [-0.15, -0.1) is 0 Å². The molecular formula is C15H21NO3. The number of ether oxygens (including phenoxy) is 1. The van der Waals surface area contributed by atoms with Crippen LogP contribution in [0.3, 0.4) is 0 Å². The number of rotatable bonds is 1. The summed E-state index contributed by atoms with van der Waals surface area (Å²) in [4.78, 5) is 2.42. The second-order valence-electron chi connectivity index (χ2n) is 5.76. The normalized spacial score (nSPS) is 30.6. The molecule has 104 valence electrons. The standard InChI is InChI=1S/C15H21NO3/c1-9-8-16-4-3-10-5-15(19-2)14(18)6-11(10)12(16)7-13(9)17/h5-6,9,12-13,17-18H,3-4,7-8H2,1-2H3/t9-,12+,13-/m0/s1. The van der Waals surface area contributed by atoms with E-state index in [-0.39, 0.29) is 17.9 Å². The van der Waals surface area contributed by atoms with Crippen LogP contribution < -0.4 is 4.74 Å². The molecule has 1 aromatic carbocycles. The Hall–Kier alpha value is -1.26. The summed E-state index contributed by atoms with van der Waals surface area (Å²) < 4.78 is 5.17. The van der Waals surface area contributed by atoms with Crippen LogP contribution in [-0.4, -0.2) is 41.4 Å². The summed E-state index contributed by atoms with van der Waals surface area (Å²) in [7, 11) is 1.57. The summed E-state index contributed by atoms with van der Waals surface area (Å²) in [5, 5.41) is 20.1. The Kier molecular flexibility index (Phi) is 3.15. The number of hydrogen-bond acceptors (Lipinski definition) is 4. The van der Waals surface area contributed by atoms with Crippen molar-refractivity contribution in [2.75, 3.05) is 20.2 Å². The van der Waals surface area contributed by atoms with Gasteiger partial charge in [-0.2, -0.15) is 0 Å². The van der Waals surface area contributed by atoms with E-state index in [1.54, 1.807) is 7.11 Å². The molecule has 0 aliphatic carbocycles. The molecule has 2 aliphatic rings. The number of phenolic OH excluding ortho intramolecular Hbond substituents is 1. The zero-order valence-corrected chi connectivity index (χ0v) is 11.5. The Morgan fingerprint density at radius 2 is 2.16 bits per heavy atom. The van der Waals surface area contributed by atoms with Crippen LogP contribution in [0, 0.1) is 5.92 Å². The highest BCUT2D eigenvalue weighted by atomic mass is 16.5. The maximum atomic E-state index is 10.1. The summed E-state index contributed by atoms with van der Waals surface area (Å²) in [6.07, 6.45) is 1.47. The van der Waals surface area contributed by atoms with Crippen molar-refractivity contribution in [1.82, 2.24) is 4.90 Å². The molecular weight excluding hydrogens is 242 g/mol.